The number of hydrogen-bond donors (Lipinski definition) is 1. The number of benzene rings is 3. The zero-order valence-electron chi connectivity index (χ0n) is 20.4. The molecule has 1 atom stereocenters. The minimum atomic E-state index is -0.953. The van der Waals surface area contributed by atoms with Crippen molar-refractivity contribution in [1.29, 1.82) is 0 Å². The van der Waals surface area contributed by atoms with Crippen LogP contribution < -0.4 is 9.64 Å². The highest BCUT2D eigenvalue weighted by Gasteiger charge is 2.22. The predicted molar refractivity (Wildman–Crippen MR) is 141 cm³/mol. The third-order valence-electron chi connectivity index (χ3n) is 5.69. The number of likely N-dealkylation sites (N-methyl/N-ethyl adjacent to an activating group) is 1. The molecule has 1 heterocycles. The van der Waals surface area contributed by atoms with Gasteiger partial charge in [0.1, 0.15) is 11.5 Å². The number of hydrogen-bond acceptors (Lipinski definition) is 6. The molecule has 0 spiro atoms. The normalized spacial score (nSPS) is 11.6. The molecule has 1 aromatic heterocycles. The number of anilines is 1. The first-order chi connectivity index (χ1) is 17.8. The molecule has 1 amide bonds. The SMILES string of the molecule is CN(CC(O)c1ccc(Cl)cc1)C(=O)Oc1cnc(N(C)Cc2ccccc2)nc1-c1ccccc1F. The zero-order chi connectivity index (χ0) is 26.4. The van der Waals surface area contributed by atoms with E-state index in [1.807, 2.05) is 42.3 Å². The molecule has 0 aliphatic heterocycles. The van der Waals surface area contributed by atoms with Gasteiger partial charge >= 0.3 is 6.09 Å². The molecule has 7 nitrogen and oxygen atoms in total. The Bertz CT molecular complexity index is 1360. The third-order valence-corrected chi connectivity index (χ3v) is 5.94. The van der Waals surface area contributed by atoms with Gasteiger partial charge in [-0.15, -0.1) is 0 Å². The number of carbonyl (C=O) groups excluding carboxylic acids is 1. The molecule has 0 saturated heterocycles. The molecule has 0 bridgehead atoms. The van der Waals surface area contributed by atoms with Crippen molar-refractivity contribution < 1.29 is 19.0 Å². The Morgan fingerprint density at radius 1 is 1.03 bits per heavy atom. The minimum absolute atomic E-state index is 0.000191. The van der Waals surface area contributed by atoms with Crippen molar-refractivity contribution in [2.75, 3.05) is 25.5 Å². The summed E-state index contributed by atoms with van der Waals surface area (Å²) < 4.78 is 20.3. The lowest BCUT2D eigenvalue weighted by molar-refractivity contribution is 0.112. The summed E-state index contributed by atoms with van der Waals surface area (Å²) in [5.74, 6) is -0.171. The van der Waals surface area contributed by atoms with E-state index in [9.17, 15) is 14.3 Å². The van der Waals surface area contributed by atoms with Crippen molar-refractivity contribution in [2.45, 2.75) is 12.6 Å². The van der Waals surface area contributed by atoms with Crippen LogP contribution in [0.5, 0.6) is 5.75 Å². The Balaban J connectivity index is 1.56. The van der Waals surface area contributed by atoms with E-state index in [4.69, 9.17) is 16.3 Å². The lowest BCUT2D eigenvalue weighted by atomic mass is 10.1. The summed E-state index contributed by atoms with van der Waals surface area (Å²) in [4.78, 5) is 24.8. The van der Waals surface area contributed by atoms with Crippen molar-refractivity contribution in [3.8, 4) is 17.0 Å². The molecule has 0 radical (unpaired) electrons. The predicted octanol–water partition coefficient (Wildman–Crippen LogP) is 5.74. The molecule has 0 aliphatic rings. The van der Waals surface area contributed by atoms with E-state index in [-0.39, 0.29) is 23.6 Å². The Labute approximate surface area is 219 Å². The molecule has 3 aromatic carbocycles. The fourth-order valence-electron chi connectivity index (χ4n) is 3.69. The van der Waals surface area contributed by atoms with Crippen molar-refractivity contribution in [3.05, 3.63) is 107 Å². The molecule has 4 rings (SSSR count). The summed E-state index contributed by atoms with van der Waals surface area (Å²) in [5.41, 5.74) is 1.97. The van der Waals surface area contributed by atoms with E-state index in [1.54, 1.807) is 42.5 Å². The molecule has 4 aromatic rings. The molecule has 1 N–H and O–H groups in total. The van der Waals surface area contributed by atoms with E-state index in [1.165, 1.54) is 24.2 Å². The molecule has 190 valence electrons. The second kappa shape index (κ2) is 11.8. The van der Waals surface area contributed by atoms with Gasteiger partial charge in [0, 0.05) is 31.2 Å². The molecule has 0 fully saturated rings. The van der Waals surface area contributed by atoms with Gasteiger partial charge in [-0.3, -0.25) is 0 Å². The van der Waals surface area contributed by atoms with E-state index in [0.29, 0.717) is 23.1 Å². The third kappa shape index (κ3) is 6.61. The van der Waals surface area contributed by atoms with Gasteiger partial charge in [-0.2, -0.15) is 0 Å². The number of rotatable bonds is 8. The molecule has 0 aliphatic carbocycles. The van der Waals surface area contributed by atoms with Crippen LogP contribution in [0, 0.1) is 5.82 Å². The van der Waals surface area contributed by atoms with Gasteiger partial charge in [-0.1, -0.05) is 66.2 Å². The van der Waals surface area contributed by atoms with Crippen LogP contribution in [0.1, 0.15) is 17.2 Å². The van der Waals surface area contributed by atoms with E-state index >= 15 is 0 Å². The number of aromatic nitrogens is 2. The van der Waals surface area contributed by atoms with Gasteiger partial charge in [0.15, 0.2) is 5.75 Å². The number of aliphatic hydroxyl groups is 1. The van der Waals surface area contributed by atoms with Crippen LogP contribution in [0.2, 0.25) is 5.02 Å². The first-order valence-corrected chi connectivity index (χ1v) is 11.9. The number of nitrogens with zero attached hydrogens (tertiary/aromatic N) is 4. The van der Waals surface area contributed by atoms with Gasteiger partial charge < -0.3 is 19.6 Å². The first kappa shape index (κ1) is 26.1. The van der Waals surface area contributed by atoms with Gasteiger partial charge in [0.25, 0.3) is 0 Å². The average Bonchev–Trinajstić information content (AvgIpc) is 2.90. The lowest BCUT2D eigenvalue weighted by Crippen LogP contribution is -2.33. The lowest BCUT2D eigenvalue weighted by Gasteiger charge is -2.22. The van der Waals surface area contributed by atoms with Gasteiger partial charge in [0.2, 0.25) is 5.95 Å². The van der Waals surface area contributed by atoms with Crippen LogP contribution in [-0.2, 0) is 6.54 Å². The van der Waals surface area contributed by atoms with E-state index < -0.39 is 18.0 Å². The fourth-order valence-corrected chi connectivity index (χ4v) is 3.82. The highest BCUT2D eigenvalue weighted by atomic mass is 35.5. The molecule has 9 heteroatoms. The Hall–Kier alpha value is -4.01. The van der Waals surface area contributed by atoms with Crippen LogP contribution in [0.25, 0.3) is 11.3 Å². The quantitative estimate of drug-likeness (QED) is 0.319. The van der Waals surface area contributed by atoms with Crippen molar-refractivity contribution in [2.24, 2.45) is 0 Å². The van der Waals surface area contributed by atoms with Gasteiger partial charge in [0.05, 0.1) is 18.8 Å². The number of halogens is 2. The topological polar surface area (TPSA) is 78.8 Å². The molecule has 37 heavy (non-hydrogen) atoms. The van der Waals surface area contributed by atoms with E-state index in [2.05, 4.69) is 9.97 Å². The maximum atomic E-state index is 14.8. The van der Waals surface area contributed by atoms with Crippen molar-refractivity contribution in [3.63, 3.8) is 0 Å². The monoisotopic (exact) mass is 520 g/mol. The fraction of sp³-hybridized carbons (Fsp3) is 0.179. The Morgan fingerprint density at radius 2 is 1.70 bits per heavy atom. The van der Waals surface area contributed by atoms with Crippen LogP contribution in [0.3, 0.4) is 0 Å². The second-order valence-electron chi connectivity index (χ2n) is 8.52. The van der Waals surface area contributed by atoms with E-state index in [0.717, 1.165) is 5.56 Å². The second-order valence-corrected chi connectivity index (χ2v) is 8.96. The highest BCUT2D eigenvalue weighted by molar-refractivity contribution is 6.30. The summed E-state index contributed by atoms with van der Waals surface area (Å²) in [7, 11) is 3.32. The molecular formula is C28H26ClFN4O3. The smallest absolute Gasteiger partial charge is 0.406 e. The maximum absolute atomic E-state index is 14.8. The summed E-state index contributed by atoms with van der Waals surface area (Å²) in [6, 6.07) is 22.6. The number of carbonyl (C=O) groups is 1. The summed E-state index contributed by atoms with van der Waals surface area (Å²) in [5, 5.41) is 11.1. The van der Waals surface area contributed by atoms with Crippen LogP contribution >= 0.6 is 11.6 Å². The number of amides is 1. The van der Waals surface area contributed by atoms with Gasteiger partial charge in [-0.25, -0.2) is 19.2 Å². The first-order valence-electron chi connectivity index (χ1n) is 11.6. The standard InChI is InChI=1S/C28H26ClFN4O3/c1-33(17-19-8-4-3-5-9-19)27-31-16-25(26(32-27)22-10-6-7-11-23(22)30)37-28(36)34(2)18-24(35)20-12-14-21(29)15-13-20/h3-16,24,35H,17-18H2,1-2H3. The van der Waals surface area contributed by atoms with Gasteiger partial charge in [-0.05, 0) is 35.4 Å². The summed E-state index contributed by atoms with van der Waals surface area (Å²) in [6.07, 6.45) is -0.349. The molecule has 1 unspecified atom stereocenters. The zero-order valence-corrected chi connectivity index (χ0v) is 21.1. The Morgan fingerprint density at radius 3 is 2.41 bits per heavy atom. The van der Waals surface area contributed by atoms with Crippen LogP contribution in [-0.4, -0.2) is 46.7 Å². The summed E-state index contributed by atoms with van der Waals surface area (Å²) in [6.45, 7) is 0.496. The number of ether oxygens (including phenoxy) is 1. The maximum Gasteiger partial charge on any atom is 0.415 e. The molecule has 0 saturated carbocycles. The minimum Gasteiger partial charge on any atom is -0.406 e. The molecular weight excluding hydrogens is 495 g/mol. The van der Waals surface area contributed by atoms with Crippen LogP contribution in [0.4, 0.5) is 15.1 Å². The number of aliphatic hydroxyl groups excluding tert-OH is 1. The average molecular weight is 521 g/mol. The van der Waals surface area contributed by atoms with Crippen LogP contribution in [0.15, 0.2) is 85.1 Å². The van der Waals surface area contributed by atoms with Crippen molar-refractivity contribution >= 4 is 23.6 Å². The highest BCUT2D eigenvalue weighted by Crippen LogP contribution is 2.31. The Kier molecular flexibility index (Phi) is 8.32. The largest absolute Gasteiger partial charge is 0.415 e. The summed E-state index contributed by atoms with van der Waals surface area (Å²) >= 11 is 5.90. The van der Waals surface area contributed by atoms with Crippen molar-refractivity contribution in [1.82, 2.24) is 14.9 Å².